The second-order valence-electron chi connectivity index (χ2n) is 4.20. The fourth-order valence-corrected chi connectivity index (χ4v) is 2.34. The smallest absolute Gasteiger partial charge is 0.239 e. The molecule has 1 amide bonds. The molecule has 0 spiro atoms. The molecular weight excluding hydrogens is 178 g/mol. The van der Waals surface area contributed by atoms with Crippen molar-refractivity contribution in [3.8, 4) is 0 Å². The summed E-state index contributed by atoms with van der Waals surface area (Å²) in [5.41, 5.74) is 0. The third-order valence-electron chi connectivity index (χ3n) is 3.22. The summed E-state index contributed by atoms with van der Waals surface area (Å²) < 4.78 is 0. The van der Waals surface area contributed by atoms with E-state index in [4.69, 9.17) is 0 Å². The largest absolute Gasteiger partial charge is 0.344 e. The zero-order valence-corrected chi connectivity index (χ0v) is 8.83. The number of amides is 1. The van der Waals surface area contributed by atoms with E-state index in [-0.39, 0.29) is 6.04 Å². The van der Waals surface area contributed by atoms with Gasteiger partial charge in [-0.05, 0) is 12.8 Å². The van der Waals surface area contributed by atoms with E-state index >= 15 is 0 Å². The molecule has 4 heteroatoms. The molecule has 0 aromatic heterocycles. The lowest BCUT2D eigenvalue weighted by Gasteiger charge is -2.38. The highest BCUT2D eigenvalue weighted by atomic mass is 16.2. The molecule has 2 aliphatic rings. The van der Waals surface area contributed by atoms with Crippen LogP contribution in [-0.4, -0.2) is 61.5 Å². The minimum Gasteiger partial charge on any atom is -0.344 e. The van der Waals surface area contributed by atoms with Crippen molar-refractivity contribution in [2.24, 2.45) is 0 Å². The van der Waals surface area contributed by atoms with Crippen molar-refractivity contribution < 1.29 is 4.79 Å². The highest BCUT2D eigenvalue weighted by Gasteiger charge is 2.31. The van der Waals surface area contributed by atoms with Crippen LogP contribution >= 0.6 is 0 Å². The Balaban J connectivity index is 1.97. The Labute approximate surface area is 85.2 Å². The van der Waals surface area contributed by atoms with Gasteiger partial charge in [-0.1, -0.05) is 0 Å². The fourth-order valence-electron chi connectivity index (χ4n) is 2.34. The summed E-state index contributed by atoms with van der Waals surface area (Å²) in [6, 6.07) is 0.163. The zero-order valence-electron chi connectivity index (χ0n) is 8.83. The van der Waals surface area contributed by atoms with Crippen LogP contribution in [0, 0.1) is 0 Å². The van der Waals surface area contributed by atoms with Gasteiger partial charge in [0.25, 0.3) is 0 Å². The topological polar surface area (TPSA) is 35.6 Å². The first-order valence-corrected chi connectivity index (χ1v) is 5.49. The van der Waals surface area contributed by atoms with Crippen LogP contribution in [0.15, 0.2) is 0 Å². The van der Waals surface area contributed by atoms with Gasteiger partial charge in [-0.3, -0.25) is 9.69 Å². The Morgan fingerprint density at radius 3 is 2.71 bits per heavy atom. The fraction of sp³-hybridized carbons (Fsp3) is 0.900. The quantitative estimate of drug-likeness (QED) is 0.616. The molecule has 80 valence electrons. The molecule has 0 saturated carbocycles. The van der Waals surface area contributed by atoms with E-state index in [0.717, 1.165) is 45.6 Å². The van der Waals surface area contributed by atoms with Gasteiger partial charge in [0.1, 0.15) is 0 Å². The Morgan fingerprint density at radius 1 is 1.29 bits per heavy atom. The third-order valence-corrected chi connectivity index (χ3v) is 3.22. The highest BCUT2D eigenvalue weighted by molar-refractivity contribution is 5.82. The van der Waals surface area contributed by atoms with Crippen LogP contribution in [0.25, 0.3) is 0 Å². The summed E-state index contributed by atoms with van der Waals surface area (Å²) in [4.78, 5) is 16.1. The molecule has 2 heterocycles. The zero-order chi connectivity index (χ0) is 9.97. The SMILES string of the molecule is CN1CCCC(N2CCNCC2)C1=O. The molecule has 2 saturated heterocycles. The summed E-state index contributed by atoms with van der Waals surface area (Å²) in [5.74, 6) is 0.318. The average molecular weight is 197 g/mol. The molecule has 0 bridgehead atoms. The number of piperidine rings is 1. The van der Waals surface area contributed by atoms with Crippen LogP contribution in [0.3, 0.4) is 0 Å². The van der Waals surface area contributed by atoms with Gasteiger partial charge in [0.05, 0.1) is 6.04 Å². The van der Waals surface area contributed by atoms with Crippen LogP contribution < -0.4 is 5.32 Å². The predicted octanol–water partition coefficient (Wildman–Crippen LogP) is -0.488. The third kappa shape index (κ3) is 1.91. The van der Waals surface area contributed by atoms with E-state index in [1.165, 1.54) is 0 Å². The van der Waals surface area contributed by atoms with Crippen LogP contribution in [0.5, 0.6) is 0 Å². The number of nitrogens with zero attached hydrogens (tertiary/aromatic N) is 2. The van der Waals surface area contributed by atoms with Gasteiger partial charge in [0.2, 0.25) is 5.91 Å². The van der Waals surface area contributed by atoms with Crippen LogP contribution in [0.4, 0.5) is 0 Å². The number of rotatable bonds is 1. The predicted molar refractivity (Wildman–Crippen MR) is 55.1 cm³/mol. The van der Waals surface area contributed by atoms with Crippen molar-refractivity contribution in [2.45, 2.75) is 18.9 Å². The van der Waals surface area contributed by atoms with Crippen molar-refractivity contribution in [3.05, 3.63) is 0 Å². The van der Waals surface area contributed by atoms with E-state index < -0.39 is 0 Å². The minimum absolute atomic E-state index is 0.163. The molecular formula is C10H19N3O. The maximum absolute atomic E-state index is 11.9. The summed E-state index contributed by atoms with van der Waals surface area (Å²) in [5, 5.41) is 3.31. The molecule has 1 N–H and O–H groups in total. The number of hydrogen-bond donors (Lipinski definition) is 1. The molecule has 2 fully saturated rings. The number of carbonyl (C=O) groups excluding carboxylic acids is 1. The van der Waals surface area contributed by atoms with E-state index in [1.54, 1.807) is 0 Å². The van der Waals surface area contributed by atoms with Gasteiger partial charge in [0.15, 0.2) is 0 Å². The Bertz CT molecular complexity index is 213. The maximum atomic E-state index is 11.9. The van der Waals surface area contributed by atoms with Crippen molar-refractivity contribution in [2.75, 3.05) is 39.8 Å². The van der Waals surface area contributed by atoms with Crippen molar-refractivity contribution in [3.63, 3.8) is 0 Å². The Hall–Kier alpha value is -0.610. The first-order valence-electron chi connectivity index (χ1n) is 5.49. The molecule has 0 aliphatic carbocycles. The number of piperazine rings is 1. The van der Waals surface area contributed by atoms with Crippen LogP contribution in [0.2, 0.25) is 0 Å². The number of likely N-dealkylation sites (N-methyl/N-ethyl adjacent to an activating group) is 1. The normalized spacial score (nSPS) is 30.8. The number of nitrogens with one attached hydrogen (secondary N) is 1. The van der Waals surface area contributed by atoms with E-state index in [0.29, 0.717) is 5.91 Å². The second-order valence-corrected chi connectivity index (χ2v) is 4.20. The van der Waals surface area contributed by atoms with Gasteiger partial charge in [-0.25, -0.2) is 0 Å². The molecule has 4 nitrogen and oxygen atoms in total. The monoisotopic (exact) mass is 197 g/mol. The van der Waals surface area contributed by atoms with Gasteiger partial charge in [0, 0.05) is 39.8 Å². The van der Waals surface area contributed by atoms with E-state index in [1.807, 2.05) is 11.9 Å². The van der Waals surface area contributed by atoms with Crippen LogP contribution in [0.1, 0.15) is 12.8 Å². The summed E-state index contributed by atoms with van der Waals surface area (Å²) in [7, 11) is 1.91. The second kappa shape index (κ2) is 4.28. The first kappa shape index (κ1) is 9.93. The first-order chi connectivity index (χ1) is 6.79. The lowest BCUT2D eigenvalue weighted by molar-refractivity contribution is -0.138. The lowest BCUT2D eigenvalue weighted by Crippen LogP contribution is -2.56. The van der Waals surface area contributed by atoms with Gasteiger partial charge < -0.3 is 10.2 Å². The molecule has 1 unspecified atom stereocenters. The highest BCUT2D eigenvalue weighted by Crippen LogP contribution is 2.16. The van der Waals surface area contributed by atoms with Crippen molar-refractivity contribution >= 4 is 5.91 Å². The molecule has 14 heavy (non-hydrogen) atoms. The Morgan fingerprint density at radius 2 is 2.00 bits per heavy atom. The maximum Gasteiger partial charge on any atom is 0.239 e. The van der Waals surface area contributed by atoms with Gasteiger partial charge in [-0.2, -0.15) is 0 Å². The van der Waals surface area contributed by atoms with Crippen molar-refractivity contribution in [1.29, 1.82) is 0 Å². The summed E-state index contributed by atoms with van der Waals surface area (Å²) in [6.45, 7) is 5.01. The van der Waals surface area contributed by atoms with Crippen molar-refractivity contribution in [1.82, 2.24) is 15.1 Å². The number of hydrogen-bond acceptors (Lipinski definition) is 3. The molecule has 0 aromatic carbocycles. The molecule has 0 radical (unpaired) electrons. The molecule has 1 atom stereocenters. The lowest BCUT2D eigenvalue weighted by atomic mass is 10.0. The number of likely N-dealkylation sites (tertiary alicyclic amines) is 1. The standard InChI is InChI=1S/C10H19N3O/c1-12-6-2-3-9(10(12)14)13-7-4-11-5-8-13/h9,11H,2-8H2,1H3. The van der Waals surface area contributed by atoms with E-state index in [9.17, 15) is 4.79 Å². The number of carbonyl (C=O) groups is 1. The molecule has 2 aliphatic heterocycles. The average Bonchev–Trinajstić information content (AvgIpc) is 2.23. The summed E-state index contributed by atoms with van der Waals surface area (Å²) in [6.07, 6.45) is 2.19. The van der Waals surface area contributed by atoms with E-state index in [2.05, 4.69) is 10.2 Å². The van der Waals surface area contributed by atoms with Gasteiger partial charge >= 0.3 is 0 Å². The van der Waals surface area contributed by atoms with Gasteiger partial charge in [-0.15, -0.1) is 0 Å². The Kier molecular flexibility index (Phi) is 3.03. The van der Waals surface area contributed by atoms with Crippen LogP contribution in [-0.2, 0) is 4.79 Å². The molecule has 0 aromatic rings. The summed E-state index contributed by atoms with van der Waals surface area (Å²) >= 11 is 0. The minimum atomic E-state index is 0.163. The molecule has 2 rings (SSSR count).